The molecule has 222 valence electrons. The Morgan fingerprint density at radius 2 is 1.83 bits per heavy atom. The van der Waals surface area contributed by atoms with Crippen molar-refractivity contribution >= 4 is 15.8 Å². The lowest BCUT2D eigenvalue weighted by Crippen LogP contribution is -2.32. The van der Waals surface area contributed by atoms with E-state index in [1.807, 2.05) is 0 Å². The molecule has 2 aromatic heterocycles. The van der Waals surface area contributed by atoms with Crippen molar-refractivity contribution in [3.8, 4) is 17.2 Å². The van der Waals surface area contributed by atoms with Gasteiger partial charge in [0.2, 0.25) is 0 Å². The molecule has 5 rings (SSSR count). The summed E-state index contributed by atoms with van der Waals surface area (Å²) in [4.78, 5) is 7.03. The summed E-state index contributed by atoms with van der Waals surface area (Å²) in [5, 5.41) is 7.91. The van der Waals surface area contributed by atoms with Crippen molar-refractivity contribution in [2.45, 2.75) is 49.1 Å². The number of sulfonamides is 1. The van der Waals surface area contributed by atoms with Crippen LogP contribution in [0.5, 0.6) is 17.2 Å². The molecule has 0 spiro atoms. The van der Waals surface area contributed by atoms with Crippen LogP contribution in [0.3, 0.4) is 0 Å². The molecule has 0 amide bonds. The number of hydrogen-bond acceptors (Lipinski definition) is 9. The highest BCUT2D eigenvalue weighted by Crippen LogP contribution is 2.37. The zero-order chi connectivity index (χ0) is 29.9. The van der Waals surface area contributed by atoms with E-state index in [9.17, 15) is 8.42 Å². The Morgan fingerprint density at radius 1 is 1.02 bits per heavy atom. The first-order valence-corrected chi connectivity index (χ1v) is 14.7. The van der Waals surface area contributed by atoms with Crippen LogP contribution in [0.2, 0.25) is 0 Å². The molecule has 14 heteroatoms. The Hall–Kier alpha value is -4.33. The van der Waals surface area contributed by atoms with Crippen molar-refractivity contribution in [2.24, 2.45) is 7.05 Å². The van der Waals surface area contributed by atoms with Gasteiger partial charge < -0.3 is 14.2 Å². The van der Waals surface area contributed by atoms with Crippen molar-refractivity contribution in [3.63, 3.8) is 0 Å². The number of rotatable bonds is 10. The van der Waals surface area contributed by atoms with Crippen molar-refractivity contribution in [1.82, 2.24) is 25.0 Å². The normalized spacial score (nSPS) is 17.1. The topological polar surface area (TPSA) is 122 Å². The maximum Gasteiger partial charge on any atom is 0.268 e. The van der Waals surface area contributed by atoms with Crippen molar-refractivity contribution in [1.29, 1.82) is 0 Å². The van der Waals surface area contributed by atoms with E-state index in [-0.39, 0.29) is 24.0 Å². The molecule has 0 radical (unpaired) electrons. The summed E-state index contributed by atoms with van der Waals surface area (Å²) in [6.07, 6.45) is 6.86. The number of nitrogens with zero attached hydrogens (tertiary/aromatic N) is 6. The first kappa shape index (κ1) is 29.2. The van der Waals surface area contributed by atoms with E-state index in [0.29, 0.717) is 29.5 Å². The van der Waals surface area contributed by atoms with Gasteiger partial charge in [-0.05, 0) is 31.4 Å². The third-order valence-corrected chi connectivity index (χ3v) is 9.06. The second-order valence-electron chi connectivity index (χ2n) is 9.80. The van der Waals surface area contributed by atoms with Crippen LogP contribution >= 0.6 is 0 Å². The number of anilines is 1. The second kappa shape index (κ2) is 12.3. The summed E-state index contributed by atoms with van der Waals surface area (Å²) in [6.45, 7) is -0.297. The summed E-state index contributed by atoms with van der Waals surface area (Å²) < 4.78 is 78.1. The van der Waals surface area contributed by atoms with E-state index in [0.717, 1.165) is 41.7 Å². The maximum absolute atomic E-state index is 15.6. The number of benzene rings is 2. The van der Waals surface area contributed by atoms with Gasteiger partial charge in [0.25, 0.3) is 10.0 Å². The van der Waals surface area contributed by atoms with Gasteiger partial charge in [-0.15, -0.1) is 5.10 Å². The van der Waals surface area contributed by atoms with Gasteiger partial charge in [-0.3, -0.25) is 4.68 Å². The lowest BCUT2D eigenvalue weighted by molar-refractivity contribution is 0.120. The molecule has 2 heterocycles. The Kier molecular flexibility index (Phi) is 8.52. The minimum atomic E-state index is -4.68. The third kappa shape index (κ3) is 5.84. The number of hydrogen-bond donors (Lipinski definition) is 0. The van der Waals surface area contributed by atoms with Gasteiger partial charge in [-0.1, -0.05) is 11.6 Å². The fourth-order valence-electron chi connectivity index (χ4n) is 5.15. The summed E-state index contributed by atoms with van der Waals surface area (Å²) in [7, 11) is -0.00403. The Balaban J connectivity index is 1.49. The van der Waals surface area contributed by atoms with Gasteiger partial charge in [-0.2, -0.15) is 0 Å². The lowest BCUT2D eigenvalue weighted by atomic mass is 9.84. The molecule has 0 N–H and O–H groups in total. The largest absolute Gasteiger partial charge is 0.497 e. The standard InChI is InChI=1S/C28H30F2N6O5S/c1-35-23(15-33-34-35)20-6-4-5-7-24(20)41-26-13-22(30)27(14-21(26)29)42(37,38)36(28-10-11-31-17-32-28)16-18-8-9-19(39-2)12-25(18)40-3/h8-15,17,20,24H,4-7,16H2,1-3H3/t20-,24+/m1/s1. The van der Waals surface area contributed by atoms with E-state index in [1.54, 1.807) is 36.1 Å². The minimum absolute atomic E-state index is 0.0437. The van der Waals surface area contributed by atoms with Crippen LogP contribution in [0.4, 0.5) is 14.6 Å². The highest BCUT2D eigenvalue weighted by molar-refractivity contribution is 7.92. The molecule has 1 aliphatic rings. The monoisotopic (exact) mass is 600 g/mol. The summed E-state index contributed by atoms with van der Waals surface area (Å²) in [5.74, 6) is -1.88. The molecular weight excluding hydrogens is 570 g/mol. The first-order chi connectivity index (χ1) is 20.2. The van der Waals surface area contributed by atoms with E-state index in [1.165, 1.54) is 26.5 Å². The number of aryl methyl sites for hydroxylation is 1. The average molecular weight is 601 g/mol. The van der Waals surface area contributed by atoms with E-state index < -0.39 is 32.7 Å². The van der Waals surface area contributed by atoms with Crippen molar-refractivity contribution < 1.29 is 31.4 Å². The number of halogens is 2. The summed E-state index contributed by atoms with van der Waals surface area (Å²) in [5.41, 5.74) is 1.27. The average Bonchev–Trinajstić information content (AvgIpc) is 3.43. The maximum atomic E-state index is 15.6. The van der Waals surface area contributed by atoms with Gasteiger partial charge in [0, 0.05) is 49.0 Å². The van der Waals surface area contributed by atoms with Gasteiger partial charge in [0.05, 0.1) is 32.7 Å². The third-order valence-electron chi connectivity index (χ3n) is 7.29. The fourth-order valence-corrected chi connectivity index (χ4v) is 6.61. The van der Waals surface area contributed by atoms with Gasteiger partial charge in [0.1, 0.15) is 40.5 Å². The summed E-state index contributed by atoms with van der Waals surface area (Å²) >= 11 is 0. The smallest absolute Gasteiger partial charge is 0.268 e. The minimum Gasteiger partial charge on any atom is -0.497 e. The molecule has 1 fully saturated rings. The number of ether oxygens (including phenoxy) is 3. The van der Waals surface area contributed by atoms with E-state index in [4.69, 9.17) is 14.2 Å². The van der Waals surface area contributed by atoms with E-state index >= 15 is 8.78 Å². The molecule has 2 atom stereocenters. The Labute approximate surface area is 242 Å². The Bertz CT molecular complexity index is 1650. The molecule has 1 aliphatic carbocycles. The van der Waals surface area contributed by atoms with E-state index in [2.05, 4.69) is 20.3 Å². The van der Waals surface area contributed by atoms with Crippen LogP contribution < -0.4 is 18.5 Å². The SMILES string of the molecule is COc1ccc(CN(c2ccncn2)S(=O)(=O)c2cc(F)c(O[C@H]3CCCC[C@@H]3c3cnnn3C)cc2F)c(OC)c1. The van der Waals surface area contributed by atoms with Crippen molar-refractivity contribution in [3.05, 3.63) is 78.0 Å². The molecule has 2 aromatic carbocycles. The first-order valence-electron chi connectivity index (χ1n) is 13.2. The number of aromatic nitrogens is 5. The molecule has 11 nitrogen and oxygen atoms in total. The zero-order valence-electron chi connectivity index (χ0n) is 23.3. The highest BCUT2D eigenvalue weighted by atomic mass is 32.2. The molecule has 0 bridgehead atoms. The molecule has 4 aromatic rings. The van der Waals surface area contributed by atoms with Crippen LogP contribution in [-0.2, 0) is 23.6 Å². The molecule has 0 unspecified atom stereocenters. The molecule has 0 aliphatic heterocycles. The molecule has 42 heavy (non-hydrogen) atoms. The van der Waals surface area contributed by atoms with Crippen LogP contribution in [0.25, 0.3) is 0 Å². The predicted molar refractivity (Wildman–Crippen MR) is 148 cm³/mol. The number of methoxy groups -OCH3 is 2. The van der Waals surface area contributed by atoms with Gasteiger partial charge >= 0.3 is 0 Å². The van der Waals surface area contributed by atoms with Crippen LogP contribution in [0.15, 0.2) is 60.0 Å². The highest BCUT2D eigenvalue weighted by Gasteiger charge is 2.34. The fraction of sp³-hybridized carbons (Fsp3) is 0.357. The van der Waals surface area contributed by atoms with Gasteiger partial charge in [-0.25, -0.2) is 31.5 Å². The molecule has 0 saturated heterocycles. The quantitative estimate of drug-likeness (QED) is 0.261. The lowest BCUT2D eigenvalue weighted by Gasteiger charge is -2.32. The second-order valence-corrected chi connectivity index (χ2v) is 11.6. The van der Waals surface area contributed by atoms with Gasteiger partial charge in [0.15, 0.2) is 11.6 Å². The predicted octanol–water partition coefficient (Wildman–Crippen LogP) is 4.40. The Morgan fingerprint density at radius 3 is 2.52 bits per heavy atom. The van der Waals surface area contributed by atoms with Crippen LogP contribution in [-0.4, -0.2) is 53.7 Å². The van der Waals surface area contributed by atoms with Crippen LogP contribution in [0, 0.1) is 11.6 Å². The van der Waals surface area contributed by atoms with Crippen LogP contribution in [0.1, 0.15) is 42.9 Å². The molecule has 1 saturated carbocycles. The summed E-state index contributed by atoms with van der Waals surface area (Å²) in [6, 6.07) is 7.62. The zero-order valence-corrected chi connectivity index (χ0v) is 24.1. The van der Waals surface area contributed by atoms with Crippen molar-refractivity contribution in [2.75, 3.05) is 18.5 Å². The molecular formula is C28H30F2N6O5S.